The molecule has 0 aromatic heterocycles. The van der Waals surface area contributed by atoms with Crippen LogP contribution in [0.1, 0.15) is 19.8 Å². The normalized spacial score (nSPS) is 11.4. The minimum absolute atomic E-state index is 0.101. The van der Waals surface area contributed by atoms with Crippen molar-refractivity contribution in [1.29, 1.82) is 0 Å². The summed E-state index contributed by atoms with van der Waals surface area (Å²) in [4.78, 5) is 35.6. The number of rotatable bonds is 9. The van der Waals surface area contributed by atoms with Crippen molar-refractivity contribution in [2.45, 2.75) is 29.9 Å². The van der Waals surface area contributed by atoms with Gasteiger partial charge >= 0.3 is 5.97 Å². The highest BCUT2D eigenvalue weighted by molar-refractivity contribution is 8.00. The molecule has 1 atom stereocenters. The van der Waals surface area contributed by atoms with E-state index in [0.29, 0.717) is 22.1 Å². The first-order chi connectivity index (χ1) is 13.8. The lowest BCUT2D eigenvalue weighted by Crippen LogP contribution is -2.22. The minimum atomic E-state index is -1.03. The first kappa shape index (κ1) is 22.6. The third kappa shape index (κ3) is 7.32. The lowest BCUT2D eigenvalue weighted by molar-refractivity contribution is -0.138. The van der Waals surface area contributed by atoms with Crippen molar-refractivity contribution >= 4 is 52.5 Å². The van der Waals surface area contributed by atoms with E-state index in [1.807, 2.05) is 6.07 Å². The number of methoxy groups -OCH3 is 1. The smallest absolute Gasteiger partial charge is 0.303 e. The molecule has 2 rings (SSSR count). The predicted molar refractivity (Wildman–Crippen MR) is 114 cm³/mol. The Bertz CT molecular complexity index is 906. The molecule has 2 aromatic carbocycles. The van der Waals surface area contributed by atoms with Gasteiger partial charge in [0.25, 0.3) is 0 Å². The molecule has 0 heterocycles. The van der Waals surface area contributed by atoms with Gasteiger partial charge in [-0.3, -0.25) is 14.4 Å². The Labute approximate surface area is 177 Å². The van der Waals surface area contributed by atoms with E-state index in [4.69, 9.17) is 21.4 Å². The SMILES string of the molecule is COc1ccc(NC(=O)C(C)Sc2cccc(NC(=O)CCC(=O)O)c2)cc1Cl. The van der Waals surface area contributed by atoms with E-state index in [9.17, 15) is 14.4 Å². The standard InChI is InChI=1S/C20H21ClN2O5S/c1-12(20(27)23-14-6-7-17(28-2)16(21)11-14)29-15-5-3-4-13(10-15)22-18(24)8-9-19(25)26/h3-7,10-12H,8-9H2,1-2H3,(H,22,24)(H,23,27)(H,25,26). The Hall–Kier alpha value is -2.71. The van der Waals surface area contributed by atoms with E-state index < -0.39 is 11.2 Å². The highest BCUT2D eigenvalue weighted by Gasteiger charge is 2.16. The van der Waals surface area contributed by atoms with E-state index in [1.54, 1.807) is 43.3 Å². The fourth-order valence-electron chi connectivity index (χ4n) is 2.34. The van der Waals surface area contributed by atoms with Crippen LogP contribution in [-0.2, 0) is 14.4 Å². The average Bonchev–Trinajstić information content (AvgIpc) is 2.66. The lowest BCUT2D eigenvalue weighted by Gasteiger charge is -2.14. The average molecular weight is 437 g/mol. The van der Waals surface area contributed by atoms with Crippen molar-refractivity contribution in [3.63, 3.8) is 0 Å². The quantitative estimate of drug-likeness (QED) is 0.507. The summed E-state index contributed by atoms with van der Waals surface area (Å²) in [6, 6.07) is 12.0. The zero-order valence-corrected chi connectivity index (χ0v) is 17.5. The van der Waals surface area contributed by atoms with Crippen molar-refractivity contribution in [3.8, 4) is 5.75 Å². The first-order valence-electron chi connectivity index (χ1n) is 8.71. The number of carbonyl (C=O) groups excluding carboxylic acids is 2. The summed E-state index contributed by atoms with van der Waals surface area (Å²) in [5, 5.41) is 14.1. The van der Waals surface area contributed by atoms with Crippen LogP contribution in [0.5, 0.6) is 5.75 Å². The van der Waals surface area contributed by atoms with Gasteiger partial charge in [0.15, 0.2) is 0 Å². The maximum Gasteiger partial charge on any atom is 0.303 e. The van der Waals surface area contributed by atoms with Gasteiger partial charge in [0.05, 0.1) is 23.8 Å². The molecule has 3 N–H and O–H groups in total. The van der Waals surface area contributed by atoms with Crippen LogP contribution in [0.25, 0.3) is 0 Å². The number of nitrogens with one attached hydrogen (secondary N) is 2. The number of hydrogen-bond acceptors (Lipinski definition) is 5. The van der Waals surface area contributed by atoms with Crippen LogP contribution in [0, 0.1) is 0 Å². The maximum absolute atomic E-state index is 12.5. The number of thioether (sulfide) groups is 1. The summed E-state index contributed by atoms with van der Waals surface area (Å²) in [5.74, 6) is -1.08. The number of aliphatic carboxylic acids is 1. The molecule has 0 spiro atoms. The van der Waals surface area contributed by atoms with Crippen LogP contribution in [0.2, 0.25) is 5.02 Å². The number of anilines is 2. The number of benzene rings is 2. The molecule has 2 aromatic rings. The van der Waals surface area contributed by atoms with Gasteiger partial charge in [-0.1, -0.05) is 17.7 Å². The van der Waals surface area contributed by atoms with Gasteiger partial charge in [0.2, 0.25) is 11.8 Å². The summed E-state index contributed by atoms with van der Waals surface area (Å²) in [5.41, 5.74) is 1.10. The largest absolute Gasteiger partial charge is 0.495 e. The molecule has 29 heavy (non-hydrogen) atoms. The molecule has 0 saturated carbocycles. The second-order valence-corrected chi connectivity index (χ2v) is 7.89. The molecule has 0 bridgehead atoms. The zero-order valence-electron chi connectivity index (χ0n) is 15.9. The Morgan fingerprint density at radius 1 is 1.10 bits per heavy atom. The fourth-order valence-corrected chi connectivity index (χ4v) is 3.52. The Morgan fingerprint density at radius 3 is 2.48 bits per heavy atom. The van der Waals surface area contributed by atoms with Gasteiger partial charge in [-0.25, -0.2) is 0 Å². The Balaban J connectivity index is 1.94. The molecule has 1 unspecified atom stereocenters. The van der Waals surface area contributed by atoms with Crippen molar-refractivity contribution in [2.75, 3.05) is 17.7 Å². The van der Waals surface area contributed by atoms with E-state index >= 15 is 0 Å². The number of carboxylic acids is 1. The molecule has 7 nitrogen and oxygen atoms in total. The summed E-state index contributed by atoms with van der Waals surface area (Å²) >= 11 is 7.40. The van der Waals surface area contributed by atoms with E-state index in [1.165, 1.54) is 18.9 Å². The fraction of sp³-hybridized carbons (Fsp3) is 0.250. The summed E-state index contributed by atoms with van der Waals surface area (Å²) in [6.07, 6.45) is -0.331. The molecule has 154 valence electrons. The molecule has 0 radical (unpaired) electrons. The predicted octanol–water partition coefficient (Wildman–Crippen LogP) is 4.27. The van der Waals surface area contributed by atoms with Gasteiger partial charge in [-0.15, -0.1) is 11.8 Å². The second kappa shape index (κ2) is 10.7. The highest BCUT2D eigenvalue weighted by Crippen LogP contribution is 2.29. The molecule has 0 aliphatic heterocycles. The monoisotopic (exact) mass is 436 g/mol. The van der Waals surface area contributed by atoms with Crippen LogP contribution >= 0.6 is 23.4 Å². The van der Waals surface area contributed by atoms with Gasteiger partial charge in [0, 0.05) is 22.7 Å². The van der Waals surface area contributed by atoms with Crippen molar-refractivity contribution < 1.29 is 24.2 Å². The number of carbonyl (C=O) groups is 3. The van der Waals surface area contributed by atoms with Crippen LogP contribution in [-0.4, -0.2) is 35.2 Å². The molecule has 0 aliphatic rings. The summed E-state index contributed by atoms with van der Waals surface area (Å²) in [7, 11) is 1.51. The number of amides is 2. The molecule has 0 fully saturated rings. The molecule has 0 aliphatic carbocycles. The molecule has 2 amide bonds. The topological polar surface area (TPSA) is 105 Å². The summed E-state index contributed by atoms with van der Waals surface area (Å²) < 4.78 is 5.09. The lowest BCUT2D eigenvalue weighted by atomic mass is 10.2. The summed E-state index contributed by atoms with van der Waals surface area (Å²) in [6.45, 7) is 1.77. The Kier molecular flexibility index (Phi) is 8.35. The van der Waals surface area contributed by atoms with Crippen molar-refractivity contribution in [3.05, 3.63) is 47.5 Å². The highest BCUT2D eigenvalue weighted by atomic mass is 35.5. The van der Waals surface area contributed by atoms with Crippen LogP contribution in [0.15, 0.2) is 47.4 Å². The number of ether oxygens (including phenoxy) is 1. The Morgan fingerprint density at radius 2 is 1.83 bits per heavy atom. The van der Waals surface area contributed by atoms with Gasteiger partial charge < -0.3 is 20.5 Å². The van der Waals surface area contributed by atoms with Gasteiger partial charge in [-0.2, -0.15) is 0 Å². The van der Waals surface area contributed by atoms with E-state index in [-0.39, 0.29) is 24.7 Å². The van der Waals surface area contributed by atoms with Gasteiger partial charge in [-0.05, 0) is 43.3 Å². The van der Waals surface area contributed by atoms with Crippen molar-refractivity contribution in [1.82, 2.24) is 0 Å². The molecule has 0 saturated heterocycles. The number of carboxylic acid groups (broad SMARTS) is 1. The third-order valence-electron chi connectivity index (χ3n) is 3.79. The number of hydrogen-bond donors (Lipinski definition) is 3. The van der Waals surface area contributed by atoms with Crippen molar-refractivity contribution in [2.24, 2.45) is 0 Å². The molecular weight excluding hydrogens is 416 g/mol. The minimum Gasteiger partial charge on any atom is -0.495 e. The first-order valence-corrected chi connectivity index (χ1v) is 9.97. The molecule has 9 heteroatoms. The van der Waals surface area contributed by atoms with Crippen LogP contribution in [0.3, 0.4) is 0 Å². The maximum atomic E-state index is 12.5. The number of halogens is 1. The van der Waals surface area contributed by atoms with E-state index in [0.717, 1.165) is 4.90 Å². The van der Waals surface area contributed by atoms with Crippen LogP contribution < -0.4 is 15.4 Å². The second-order valence-electron chi connectivity index (χ2n) is 6.07. The molecular formula is C20H21ClN2O5S. The van der Waals surface area contributed by atoms with Crippen LogP contribution in [0.4, 0.5) is 11.4 Å². The third-order valence-corrected chi connectivity index (χ3v) is 5.17. The van der Waals surface area contributed by atoms with Gasteiger partial charge in [0.1, 0.15) is 5.75 Å². The zero-order chi connectivity index (χ0) is 21.4. The van der Waals surface area contributed by atoms with E-state index in [2.05, 4.69) is 10.6 Å².